The van der Waals surface area contributed by atoms with E-state index in [1.165, 1.54) is 18.4 Å². The molecule has 0 saturated carbocycles. The monoisotopic (exact) mass is 301 g/mol. The third kappa shape index (κ3) is 2.88. The maximum atomic E-state index is 11.7. The Bertz CT molecular complexity index is 588. The molecule has 0 aliphatic carbocycles. The largest absolute Gasteiger partial charge is 0.511 e. The Morgan fingerprint density at radius 3 is 2.73 bits per heavy atom. The molecule has 0 bridgehead atoms. The van der Waals surface area contributed by atoms with Gasteiger partial charge in [-0.15, -0.1) is 0 Å². The van der Waals surface area contributed by atoms with Crippen LogP contribution in [0.4, 0.5) is 0 Å². The molecule has 1 saturated heterocycles. The zero-order valence-corrected chi connectivity index (χ0v) is 13.0. The molecule has 118 valence electrons. The van der Waals surface area contributed by atoms with Crippen molar-refractivity contribution >= 4 is 5.97 Å². The summed E-state index contributed by atoms with van der Waals surface area (Å²) in [4.78, 5) is 14.2. The number of likely N-dealkylation sites (tertiary alicyclic amines) is 1. The molecular weight excluding hydrogens is 278 g/mol. The molecule has 2 aliphatic rings. The lowest BCUT2D eigenvalue weighted by Crippen LogP contribution is -2.26. The molecule has 1 fully saturated rings. The number of nitrogens with zero attached hydrogens (tertiary/aromatic N) is 1. The van der Waals surface area contributed by atoms with Crippen molar-refractivity contribution in [1.29, 1.82) is 0 Å². The van der Waals surface area contributed by atoms with Gasteiger partial charge < -0.3 is 9.84 Å². The summed E-state index contributed by atoms with van der Waals surface area (Å²) >= 11 is 0. The highest BCUT2D eigenvalue weighted by Crippen LogP contribution is 2.33. The van der Waals surface area contributed by atoms with Crippen molar-refractivity contribution in [1.82, 2.24) is 4.90 Å². The van der Waals surface area contributed by atoms with Gasteiger partial charge in [-0.05, 0) is 43.5 Å². The topological polar surface area (TPSA) is 49.8 Å². The maximum absolute atomic E-state index is 11.7. The van der Waals surface area contributed by atoms with E-state index in [9.17, 15) is 9.90 Å². The summed E-state index contributed by atoms with van der Waals surface area (Å²) in [6.45, 7) is 5.26. The normalized spacial score (nSPS) is 23.0. The SMILES string of the molecule is CCC1=C(O)C(c2ccccc2CN2CCCC2)COC1=O. The molecule has 1 aromatic rings. The van der Waals surface area contributed by atoms with Gasteiger partial charge in [-0.2, -0.15) is 0 Å². The fourth-order valence-electron chi connectivity index (χ4n) is 3.40. The van der Waals surface area contributed by atoms with Crippen LogP contribution in [0.3, 0.4) is 0 Å². The summed E-state index contributed by atoms with van der Waals surface area (Å²) in [6, 6.07) is 8.17. The number of aliphatic hydroxyl groups is 1. The lowest BCUT2D eigenvalue weighted by molar-refractivity contribution is -0.141. The molecule has 1 atom stereocenters. The second-order valence-corrected chi connectivity index (χ2v) is 6.05. The molecule has 22 heavy (non-hydrogen) atoms. The van der Waals surface area contributed by atoms with Crippen LogP contribution in [0.15, 0.2) is 35.6 Å². The number of ether oxygens (including phenoxy) is 1. The lowest BCUT2D eigenvalue weighted by atomic mass is 9.89. The molecule has 1 N–H and O–H groups in total. The quantitative estimate of drug-likeness (QED) is 0.868. The van der Waals surface area contributed by atoms with E-state index in [2.05, 4.69) is 11.0 Å². The third-order valence-corrected chi connectivity index (χ3v) is 4.64. The van der Waals surface area contributed by atoms with Crippen LogP contribution in [0.1, 0.15) is 43.2 Å². The first-order valence-corrected chi connectivity index (χ1v) is 8.10. The number of carbonyl (C=O) groups is 1. The fraction of sp³-hybridized carbons (Fsp3) is 0.500. The number of benzene rings is 1. The Hall–Kier alpha value is -1.81. The predicted octanol–water partition coefficient (Wildman–Crippen LogP) is 3.14. The van der Waals surface area contributed by atoms with E-state index in [0.29, 0.717) is 12.0 Å². The number of esters is 1. The van der Waals surface area contributed by atoms with Crippen LogP contribution >= 0.6 is 0 Å². The van der Waals surface area contributed by atoms with Crippen LogP contribution in [-0.2, 0) is 16.1 Å². The third-order valence-electron chi connectivity index (χ3n) is 4.64. The molecule has 2 heterocycles. The molecular formula is C18H23NO3. The number of cyclic esters (lactones) is 1. The predicted molar refractivity (Wildman–Crippen MR) is 84.6 cm³/mol. The van der Waals surface area contributed by atoms with Crippen LogP contribution in [-0.4, -0.2) is 35.7 Å². The van der Waals surface area contributed by atoms with Crippen molar-refractivity contribution in [2.45, 2.75) is 38.6 Å². The first kappa shape index (κ1) is 15.1. The second-order valence-electron chi connectivity index (χ2n) is 6.05. The van der Waals surface area contributed by atoms with Crippen molar-refractivity contribution < 1.29 is 14.6 Å². The minimum atomic E-state index is -0.381. The zero-order valence-electron chi connectivity index (χ0n) is 13.0. The summed E-state index contributed by atoms with van der Waals surface area (Å²) in [6.07, 6.45) is 3.01. The first-order chi connectivity index (χ1) is 10.7. The zero-order chi connectivity index (χ0) is 15.5. The van der Waals surface area contributed by atoms with Gasteiger partial charge in [0.25, 0.3) is 0 Å². The van der Waals surface area contributed by atoms with Gasteiger partial charge >= 0.3 is 5.97 Å². The molecule has 4 nitrogen and oxygen atoms in total. The van der Waals surface area contributed by atoms with E-state index in [1.807, 2.05) is 25.1 Å². The summed E-state index contributed by atoms with van der Waals surface area (Å²) in [5, 5.41) is 10.5. The van der Waals surface area contributed by atoms with Gasteiger partial charge in [-0.25, -0.2) is 4.79 Å². The van der Waals surface area contributed by atoms with Gasteiger partial charge in [-0.3, -0.25) is 4.90 Å². The Kier molecular flexibility index (Phi) is 4.48. The van der Waals surface area contributed by atoms with Crippen molar-refractivity contribution in [3.8, 4) is 0 Å². The molecule has 1 unspecified atom stereocenters. The van der Waals surface area contributed by atoms with Gasteiger partial charge in [0.15, 0.2) is 0 Å². The average Bonchev–Trinajstić information content (AvgIpc) is 3.02. The molecule has 0 amide bonds. The average molecular weight is 301 g/mol. The van der Waals surface area contributed by atoms with Crippen LogP contribution in [0.25, 0.3) is 0 Å². The summed E-state index contributed by atoms with van der Waals surface area (Å²) < 4.78 is 5.27. The minimum absolute atomic E-state index is 0.188. The Balaban J connectivity index is 1.91. The first-order valence-electron chi connectivity index (χ1n) is 8.10. The summed E-state index contributed by atoms with van der Waals surface area (Å²) in [5.74, 6) is -0.424. The molecule has 0 spiro atoms. The van der Waals surface area contributed by atoms with E-state index in [-0.39, 0.29) is 24.3 Å². The molecule has 1 aromatic carbocycles. The standard InChI is InChI=1S/C18H23NO3/c1-2-14-17(20)16(12-22-18(14)21)15-8-4-3-7-13(15)11-19-9-5-6-10-19/h3-4,7-8,16,20H,2,5-6,9-12H2,1H3. The number of carbonyl (C=O) groups excluding carboxylic acids is 1. The van der Waals surface area contributed by atoms with E-state index < -0.39 is 0 Å². The number of hydrogen-bond donors (Lipinski definition) is 1. The molecule has 4 heteroatoms. The fourth-order valence-corrected chi connectivity index (χ4v) is 3.40. The molecule has 0 radical (unpaired) electrons. The highest BCUT2D eigenvalue weighted by atomic mass is 16.5. The molecule has 3 rings (SSSR count). The van der Waals surface area contributed by atoms with Crippen LogP contribution in [0.2, 0.25) is 0 Å². The highest BCUT2D eigenvalue weighted by Gasteiger charge is 2.31. The molecule has 2 aliphatic heterocycles. The minimum Gasteiger partial charge on any atom is -0.511 e. The van der Waals surface area contributed by atoms with Crippen molar-refractivity contribution in [2.75, 3.05) is 19.7 Å². The van der Waals surface area contributed by atoms with Gasteiger partial charge in [0.2, 0.25) is 0 Å². The van der Waals surface area contributed by atoms with E-state index >= 15 is 0 Å². The van der Waals surface area contributed by atoms with Crippen molar-refractivity contribution in [3.63, 3.8) is 0 Å². The van der Waals surface area contributed by atoms with Crippen LogP contribution in [0.5, 0.6) is 0 Å². The van der Waals surface area contributed by atoms with Gasteiger partial charge in [0.1, 0.15) is 12.4 Å². The van der Waals surface area contributed by atoms with Crippen molar-refractivity contribution in [3.05, 3.63) is 46.7 Å². The number of hydrogen-bond acceptors (Lipinski definition) is 4. The Morgan fingerprint density at radius 1 is 1.27 bits per heavy atom. The van der Waals surface area contributed by atoms with Gasteiger partial charge in [0, 0.05) is 6.54 Å². The highest BCUT2D eigenvalue weighted by molar-refractivity contribution is 5.90. The number of aliphatic hydroxyl groups excluding tert-OH is 1. The van der Waals surface area contributed by atoms with Gasteiger partial charge in [0.05, 0.1) is 11.5 Å². The number of rotatable bonds is 4. The van der Waals surface area contributed by atoms with Crippen LogP contribution < -0.4 is 0 Å². The Morgan fingerprint density at radius 2 is 2.00 bits per heavy atom. The van der Waals surface area contributed by atoms with E-state index in [0.717, 1.165) is 25.2 Å². The summed E-state index contributed by atoms with van der Waals surface area (Å²) in [5.41, 5.74) is 2.70. The van der Waals surface area contributed by atoms with Crippen molar-refractivity contribution in [2.24, 2.45) is 0 Å². The summed E-state index contributed by atoms with van der Waals surface area (Å²) in [7, 11) is 0. The van der Waals surface area contributed by atoms with E-state index in [4.69, 9.17) is 4.74 Å². The van der Waals surface area contributed by atoms with E-state index in [1.54, 1.807) is 0 Å². The second kappa shape index (κ2) is 6.53. The lowest BCUT2D eigenvalue weighted by Gasteiger charge is -2.27. The van der Waals surface area contributed by atoms with Crippen LogP contribution in [0, 0.1) is 0 Å². The van der Waals surface area contributed by atoms with Gasteiger partial charge in [-0.1, -0.05) is 31.2 Å². The maximum Gasteiger partial charge on any atom is 0.337 e. The smallest absolute Gasteiger partial charge is 0.337 e. The molecule has 0 aromatic heterocycles. The Labute approximate surface area is 131 Å².